The second kappa shape index (κ2) is 4.61. The van der Waals surface area contributed by atoms with Crippen molar-refractivity contribution < 1.29 is 8.42 Å². The Bertz CT molecular complexity index is 881. The Hall–Kier alpha value is -2.40. The predicted octanol–water partition coefficient (Wildman–Crippen LogP) is 2.92. The van der Waals surface area contributed by atoms with Gasteiger partial charge in [-0.1, -0.05) is 24.8 Å². The summed E-state index contributed by atoms with van der Waals surface area (Å²) >= 11 is 0. The van der Waals surface area contributed by atoms with Gasteiger partial charge in [-0.3, -0.25) is 0 Å². The van der Waals surface area contributed by atoms with Crippen molar-refractivity contribution in [2.24, 2.45) is 0 Å². The van der Waals surface area contributed by atoms with E-state index in [4.69, 9.17) is 0 Å². The number of hydrogen-bond acceptors (Lipinski definition) is 3. The maximum absolute atomic E-state index is 12.8. The second-order valence-corrected chi connectivity index (χ2v) is 6.06. The lowest BCUT2D eigenvalue weighted by atomic mass is 10.3. The standard InChI is InChI=1S/C15H12N2O2S/c1-2-13-11-12-7-6-10-16-15(12)17(13)20(18,19)14-8-4-3-5-9-14/h2-11H,1H2. The minimum atomic E-state index is -3.68. The third-order valence-corrected chi connectivity index (χ3v) is 4.77. The van der Waals surface area contributed by atoms with Crippen molar-refractivity contribution in [2.75, 3.05) is 0 Å². The average Bonchev–Trinajstić information content (AvgIpc) is 2.87. The number of aromatic nitrogens is 2. The van der Waals surface area contributed by atoms with E-state index in [9.17, 15) is 8.42 Å². The zero-order chi connectivity index (χ0) is 14.2. The molecular formula is C15H12N2O2S. The van der Waals surface area contributed by atoms with Crippen LogP contribution in [0.5, 0.6) is 0 Å². The fourth-order valence-corrected chi connectivity index (χ4v) is 3.62. The first-order valence-electron chi connectivity index (χ1n) is 6.04. The largest absolute Gasteiger partial charge is 0.269 e. The van der Waals surface area contributed by atoms with Crippen LogP contribution in [-0.2, 0) is 10.0 Å². The molecule has 0 aliphatic heterocycles. The first-order valence-corrected chi connectivity index (χ1v) is 7.48. The highest BCUT2D eigenvalue weighted by molar-refractivity contribution is 7.90. The number of hydrogen-bond donors (Lipinski definition) is 0. The SMILES string of the molecule is C=Cc1cc2cccnc2n1S(=O)(=O)c1ccccc1. The molecule has 0 saturated carbocycles. The molecule has 4 nitrogen and oxygen atoms in total. The van der Waals surface area contributed by atoms with Crippen LogP contribution >= 0.6 is 0 Å². The van der Waals surface area contributed by atoms with Crippen LogP contribution in [0.2, 0.25) is 0 Å². The Balaban J connectivity index is 2.37. The lowest BCUT2D eigenvalue weighted by molar-refractivity contribution is 0.588. The topological polar surface area (TPSA) is 52.0 Å². The molecule has 0 bridgehead atoms. The lowest BCUT2D eigenvalue weighted by Gasteiger charge is -2.09. The van der Waals surface area contributed by atoms with Gasteiger partial charge in [0, 0.05) is 11.6 Å². The van der Waals surface area contributed by atoms with Gasteiger partial charge in [0.1, 0.15) is 0 Å². The molecule has 2 heterocycles. The maximum Gasteiger partial charge on any atom is 0.269 e. The van der Waals surface area contributed by atoms with Crippen LogP contribution < -0.4 is 0 Å². The van der Waals surface area contributed by atoms with Gasteiger partial charge in [-0.15, -0.1) is 0 Å². The van der Waals surface area contributed by atoms with Crippen LogP contribution in [0.4, 0.5) is 0 Å². The fraction of sp³-hybridized carbons (Fsp3) is 0. The highest BCUT2D eigenvalue weighted by atomic mass is 32.2. The summed E-state index contributed by atoms with van der Waals surface area (Å²) in [5.74, 6) is 0. The van der Waals surface area contributed by atoms with E-state index in [1.165, 1.54) is 10.0 Å². The fourth-order valence-electron chi connectivity index (χ4n) is 2.12. The van der Waals surface area contributed by atoms with Crippen LogP contribution in [0.25, 0.3) is 17.1 Å². The van der Waals surface area contributed by atoms with E-state index < -0.39 is 10.0 Å². The Kier molecular flexibility index (Phi) is 2.91. The molecule has 0 radical (unpaired) electrons. The molecule has 0 aliphatic rings. The van der Waals surface area contributed by atoms with Gasteiger partial charge >= 0.3 is 0 Å². The van der Waals surface area contributed by atoms with Crippen molar-refractivity contribution in [3.05, 3.63) is 67.0 Å². The van der Waals surface area contributed by atoms with Crippen molar-refractivity contribution in [3.8, 4) is 0 Å². The van der Waals surface area contributed by atoms with E-state index in [0.29, 0.717) is 11.3 Å². The molecule has 5 heteroatoms. The van der Waals surface area contributed by atoms with Crippen molar-refractivity contribution in [1.82, 2.24) is 8.96 Å². The highest BCUT2D eigenvalue weighted by Gasteiger charge is 2.22. The van der Waals surface area contributed by atoms with Crippen LogP contribution in [-0.4, -0.2) is 17.4 Å². The van der Waals surface area contributed by atoms with E-state index >= 15 is 0 Å². The molecule has 0 spiro atoms. The van der Waals surface area contributed by atoms with Gasteiger partial charge in [-0.05, 0) is 36.4 Å². The van der Waals surface area contributed by atoms with Gasteiger partial charge in [-0.25, -0.2) is 17.4 Å². The Morgan fingerprint density at radius 1 is 1.10 bits per heavy atom. The molecule has 3 aromatic rings. The van der Waals surface area contributed by atoms with E-state index in [-0.39, 0.29) is 4.90 Å². The second-order valence-electron chi connectivity index (χ2n) is 4.27. The normalized spacial score (nSPS) is 11.6. The zero-order valence-electron chi connectivity index (χ0n) is 10.6. The smallest absolute Gasteiger partial charge is 0.237 e. The number of nitrogens with zero attached hydrogens (tertiary/aromatic N) is 2. The number of fused-ring (bicyclic) bond motifs is 1. The van der Waals surface area contributed by atoms with Gasteiger partial charge in [0.05, 0.1) is 10.6 Å². The Morgan fingerprint density at radius 2 is 1.85 bits per heavy atom. The minimum absolute atomic E-state index is 0.228. The predicted molar refractivity (Wildman–Crippen MR) is 78.8 cm³/mol. The van der Waals surface area contributed by atoms with E-state index in [1.54, 1.807) is 48.7 Å². The highest BCUT2D eigenvalue weighted by Crippen LogP contribution is 2.24. The summed E-state index contributed by atoms with van der Waals surface area (Å²) in [4.78, 5) is 4.41. The first kappa shape index (κ1) is 12.6. The average molecular weight is 284 g/mol. The molecule has 0 atom stereocenters. The summed E-state index contributed by atoms with van der Waals surface area (Å²) in [5, 5.41) is 0.766. The van der Waals surface area contributed by atoms with Gasteiger partial charge in [0.2, 0.25) is 0 Å². The van der Waals surface area contributed by atoms with E-state index in [2.05, 4.69) is 11.6 Å². The molecule has 100 valence electrons. The Labute approximate surface area is 117 Å². The van der Waals surface area contributed by atoms with Crippen molar-refractivity contribution in [3.63, 3.8) is 0 Å². The molecule has 0 N–H and O–H groups in total. The van der Waals surface area contributed by atoms with E-state index in [0.717, 1.165) is 5.39 Å². The molecule has 0 amide bonds. The summed E-state index contributed by atoms with van der Waals surface area (Å²) in [7, 11) is -3.68. The molecule has 3 rings (SSSR count). The van der Waals surface area contributed by atoms with Gasteiger partial charge in [0.25, 0.3) is 10.0 Å². The summed E-state index contributed by atoms with van der Waals surface area (Å²) in [6.45, 7) is 3.68. The monoisotopic (exact) mass is 284 g/mol. The van der Waals surface area contributed by atoms with Crippen LogP contribution in [0.15, 0.2) is 66.2 Å². The summed E-state index contributed by atoms with van der Waals surface area (Å²) in [5.41, 5.74) is 0.911. The summed E-state index contributed by atoms with van der Waals surface area (Å²) in [6.07, 6.45) is 3.09. The first-order chi connectivity index (χ1) is 9.64. The van der Waals surface area contributed by atoms with E-state index in [1.807, 2.05) is 6.07 Å². The Morgan fingerprint density at radius 3 is 2.55 bits per heavy atom. The molecule has 0 aliphatic carbocycles. The van der Waals surface area contributed by atoms with Crippen molar-refractivity contribution in [2.45, 2.75) is 4.90 Å². The zero-order valence-corrected chi connectivity index (χ0v) is 11.4. The molecule has 0 unspecified atom stereocenters. The molecule has 0 fully saturated rings. The molecule has 2 aromatic heterocycles. The summed E-state index contributed by atoms with van der Waals surface area (Å²) in [6, 6.07) is 13.7. The number of benzene rings is 1. The van der Waals surface area contributed by atoms with Crippen molar-refractivity contribution >= 4 is 27.1 Å². The van der Waals surface area contributed by atoms with Crippen LogP contribution in [0.3, 0.4) is 0 Å². The van der Waals surface area contributed by atoms with Crippen molar-refractivity contribution in [1.29, 1.82) is 0 Å². The van der Waals surface area contributed by atoms with Crippen LogP contribution in [0, 0.1) is 0 Å². The maximum atomic E-state index is 12.8. The summed E-state index contributed by atoms with van der Waals surface area (Å²) < 4.78 is 26.8. The van der Waals surface area contributed by atoms with Gasteiger partial charge in [-0.2, -0.15) is 0 Å². The quantitative estimate of drug-likeness (QED) is 0.743. The van der Waals surface area contributed by atoms with Gasteiger partial charge < -0.3 is 0 Å². The minimum Gasteiger partial charge on any atom is -0.237 e. The number of rotatable bonds is 3. The molecule has 1 aromatic carbocycles. The van der Waals surface area contributed by atoms with Crippen LogP contribution in [0.1, 0.15) is 5.69 Å². The molecule has 0 saturated heterocycles. The molecular weight excluding hydrogens is 272 g/mol. The van der Waals surface area contributed by atoms with Gasteiger partial charge in [0.15, 0.2) is 5.65 Å². The molecule has 20 heavy (non-hydrogen) atoms. The lowest BCUT2D eigenvalue weighted by Crippen LogP contribution is -2.14. The third-order valence-electron chi connectivity index (χ3n) is 3.04. The number of pyridine rings is 1. The third kappa shape index (κ3) is 1.83.